The van der Waals surface area contributed by atoms with E-state index in [9.17, 15) is 9.59 Å². The van der Waals surface area contributed by atoms with Gasteiger partial charge in [-0.3, -0.25) is 9.59 Å². The molecule has 0 aliphatic heterocycles. The number of esters is 1. The van der Waals surface area contributed by atoms with Gasteiger partial charge >= 0.3 is 5.97 Å². The normalized spacial score (nSPS) is 11.7. The molecule has 38 heavy (non-hydrogen) atoms. The molecule has 3 aromatic carbocycles. The average Bonchev–Trinajstić information content (AvgIpc) is 3.43. The molecule has 0 fully saturated rings. The molecule has 0 aliphatic rings. The van der Waals surface area contributed by atoms with Crippen LogP contribution in [0.5, 0.6) is 0 Å². The predicted octanol–water partition coefficient (Wildman–Crippen LogP) is 5.90. The fraction of sp³-hybridized carbons (Fsp3) is 0.267. The molecule has 1 amide bonds. The number of carbonyl (C=O) groups excluding carboxylic acids is 2. The number of nitrogens with one attached hydrogen (secondary N) is 2. The first-order valence-corrected chi connectivity index (χ1v) is 12.7. The highest BCUT2D eigenvalue weighted by Gasteiger charge is 2.17. The van der Waals surface area contributed by atoms with Crippen LogP contribution >= 0.6 is 0 Å². The van der Waals surface area contributed by atoms with E-state index in [1.165, 1.54) is 0 Å². The summed E-state index contributed by atoms with van der Waals surface area (Å²) < 4.78 is 10.3. The minimum atomic E-state index is -0.325. The largest absolute Gasteiger partial charge is 0.466 e. The zero-order valence-electron chi connectivity index (χ0n) is 21.8. The number of ether oxygens (including phenoxy) is 1. The lowest BCUT2D eigenvalue weighted by Crippen LogP contribution is -2.26. The van der Waals surface area contributed by atoms with Crippen LogP contribution in [0.3, 0.4) is 0 Å². The van der Waals surface area contributed by atoms with E-state index in [4.69, 9.17) is 9.26 Å². The van der Waals surface area contributed by atoms with E-state index in [2.05, 4.69) is 46.8 Å². The Morgan fingerprint density at radius 2 is 1.63 bits per heavy atom. The summed E-state index contributed by atoms with van der Waals surface area (Å²) in [5, 5.41) is 10.5. The number of hydrogen-bond donors (Lipinski definition) is 2. The third kappa shape index (κ3) is 6.85. The Hall–Kier alpha value is -4.46. The van der Waals surface area contributed by atoms with E-state index in [0.717, 1.165) is 22.4 Å². The number of carbonyl (C=O) groups is 2. The summed E-state index contributed by atoms with van der Waals surface area (Å²) in [5.74, 6) is 0.785. The van der Waals surface area contributed by atoms with Gasteiger partial charge in [0, 0.05) is 28.9 Å². The smallest absolute Gasteiger partial charge is 0.307 e. The van der Waals surface area contributed by atoms with Gasteiger partial charge in [0.2, 0.25) is 5.82 Å². The number of benzene rings is 3. The highest BCUT2D eigenvalue weighted by Crippen LogP contribution is 2.29. The second-order valence-electron chi connectivity index (χ2n) is 9.17. The first kappa shape index (κ1) is 26.6. The molecule has 1 unspecified atom stereocenters. The summed E-state index contributed by atoms with van der Waals surface area (Å²) in [6.07, 6.45) is 0.148. The molecule has 0 aliphatic carbocycles. The molecule has 0 bridgehead atoms. The van der Waals surface area contributed by atoms with Gasteiger partial charge in [-0.2, -0.15) is 4.98 Å². The van der Waals surface area contributed by atoms with Crippen LogP contribution in [0.1, 0.15) is 49.2 Å². The molecular weight excluding hydrogens is 480 g/mol. The number of nitrogens with zero attached hydrogens (tertiary/aromatic N) is 2. The quantitative estimate of drug-likeness (QED) is 0.241. The van der Waals surface area contributed by atoms with Gasteiger partial charge in [0.15, 0.2) is 0 Å². The standard InChI is InChI=1S/C30H32N4O4/c1-4-37-26(35)18-19-31-29(36)23-14-16-25(17-15-23)32-27(20(2)3)21-10-12-22(13-11-21)28-33-30(38-34-28)24-8-6-5-7-9-24/h5-17,20,27,32H,4,18-19H2,1-3H3,(H,31,36). The van der Waals surface area contributed by atoms with Crippen molar-refractivity contribution in [2.75, 3.05) is 18.5 Å². The van der Waals surface area contributed by atoms with Crippen molar-refractivity contribution in [3.05, 3.63) is 90.0 Å². The molecule has 196 valence electrons. The van der Waals surface area contributed by atoms with Gasteiger partial charge in [-0.25, -0.2) is 0 Å². The molecule has 4 aromatic rings. The molecule has 0 spiro atoms. The van der Waals surface area contributed by atoms with E-state index in [1.54, 1.807) is 19.1 Å². The first-order valence-electron chi connectivity index (χ1n) is 12.7. The van der Waals surface area contributed by atoms with Crippen molar-refractivity contribution in [2.45, 2.75) is 33.2 Å². The summed E-state index contributed by atoms with van der Waals surface area (Å²) in [5.41, 5.74) is 4.31. The Bertz CT molecular complexity index is 1330. The molecule has 0 radical (unpaired) electrons. The number of anilines is 1. The predicted molar refractivity (Wildman–Crippen MR) is 146 cm³/mol. The number of hydrogen-bond acceptors (Lipinski definition) is 7. The molecule has 8 heteroatoms. The van der Waals surface area contributed by atoms with Gasteiger partial charge in [-0.05, 0) is 54.8 Å². The zero-order chi connectivity index (χ0) is 26.9. The fourth-order valence-corrected chi connectivity index (χ4v) is 4.02. The van der Waals surface area contributed by atoms with E-state index in [1.807, 2.05) is 54.6 Å². The molecule has 1 heterocycles. The highest BCUT2D eigenvalue weighted by atomic mass is 16.5. The van der Waals surface area contributed by atoms with Crippen LogP contribution in [0.25, 0.3) is 22.8 Å². The van der Waals surface area contributed by atoms with Crippen molar-refractivity contribution >= 4 is 17.6 Å². The van der Waals surface area contributed by atoms with E-state index in [-0.39, 0.29) is 30.9 Å². The second kappa shape index (κ2) is 12.7. The first-order chi connectivity index (χ1) is 18.4. The van der Waals surface area contributed by atoms with Crippen LogP contribution < -0.4 is 10.6 Å². The Labute approximate surface area is 222 Å². The maximum Gasteiger partial charge on any atom is 0.307 e. The molecule has 8 nitrogen and oxygen atoms in total. The summed E-state index contributed by atoms with van der Waals surface area (Å²) in [6, 6.07) is 25.2. The van der Waals surface area contributed by atoms with Gasteiger partial charge in [-0.15, -0.1) is 0 Å². The maximum atomic E-state index is 12.4. The van der Waals surface area contributed by atoms with Crippen LogP contribution in [0.2, 0.25) is 0 Å². The van der Waals surface area contributed by atoms with Crippen molar-refractivity contribution in [3.63, 3.8) is 0 Å². The molecule has 1 atom stereocenters. The summed E-state index contributed by atoms with van der Waals surface area (Å²) >= 11 is 0. The van der Waals surface area contributed by atoms with Gasteiger partial charge in [0.05, 0.1) is 19.1 Å². The molecular formula is C30H32N4O4. The third-order valence-electron chi connectivity index (χ3n) is 6.03. The molecule has 2 N–H and O–H groups in total. The Balaban J connectivity index is 1.38. The Morgan fingerprint density at radius 1 is 0.921 bits per heavy atom. The fourth-order valence-electron chi connectivity index (χ4n) is 4.02. The lowest BCUT2D eigenvalue weighted by molar-refractivity contribution is -0.142. The van der Waals surface area contributed by atoms with Gasteiger partial charge in [0.1, 0.15) is 0 Å². The number of amides is 1. The minimum Gasteiger partial charge on any atom is -0.466 e. The van der Waals surface area contributed by atoms with Crippen LogP contribution in [-0.4, -0.2) is 35.2 Å². The van der Waals surface area contributed by atoms with Crippen LogP contribution in [0.15, 0.2) is 83.4 Å². The van der Waals surface area contributed by atoms with Crippen molar-refractivity contribution in [1.29, 1.82) is 0 Å². The Kier molecular flexibility index (Phi) is 8.87. The molecule has 0 saturated heterocycles. The monoisotopic (exact) mass is 512 g/mol. The van der Waals surface area contributed by atoms with Crippen LogP contribution in [-0.2, 0) is 9.53 Å². The second-order valence-corrected chi connectivity index (χ2v) is 9.17. The van der Waals surface area contributed by atoms with Gasteiger partial charge in [-0.1, -0.05) is 61.5 Å². The average molecular weight is 513 g/mol. The third-order valence-corrected chi connectivity index (χ3v) is 6.03. The highest BCUT2D eigenvalue weighted by molar-refractivity contribution is 5.94. The van der Waals surface area contributed by atoms with E-state index in [0.29, 0.717) is 29.8 Å². The summed E-state index contributed by atoms with van der Waals surface area (Å²) in [6.45, 7) is 6.63. The SMILES string of the molecule is CCOC(=O)CCNC(=O)c1ccc(NC(c2ccc(-c3noc(-c4ccccc4)n3)cc2)C(C)C)cc1. The van der Waals surface area contributed by atoms with Crippen molar-refractivity contribution in [1.82, 2.24) is 15.5 Å². The van der Waals surface area contributed by atoms with E-state index < -0.39 is 0 Å². The summed E-state index contributed by atoms with van der Waals surface area (Å²) in [4.78, 5) is 28.3. The van der Waals surface area contributed by atoms with Gasteiger partial charge in [0.25, 0.3) is 11.8 Å². The minimum absolute atomic E-state index is 0.0541. The van der Waals surface area contributed by atoms with Crippen LogP contribution in [0, 0.1) is 5.92 Å². The van der Waals surface area contributed by atoms with Crippen molar-refractivity contribution < 1.29 is 18.8 Å². The maximum absolute atomic E-state index is 12.4. The Morgan fingerprint density at radius 3 is 2.29 bits per heavy atom. The topological polar surface area (TPSA) is 106 Å². The summed E-state index contributed by atoms with van der Waals surface area (Å²) in [7, 11) is 0. The number of aromatic nitrogens is 2. The van der Waals surface area contributed by atoms with Crippen molar-refractivity contribution in [2.24, 2.45) is 5.92 Å². The lowest BCUT2D eigenvalue weighted by atomic mass is 9.94. The number of rotatable bonds is 11. The van der Waals surface area contributed by atoms with Crippen molar-refractivity contribution in [3.8, 4) is 22.8 Å². The molecule has 1 aromatic heterocycles. The lowest BCUT2D eigenvalue weighted by Gasteiger charge is -2.24. The van der Waals surface area contributed by atoms with E-state index >= 15 is 0 Å². The van der Waals surface area contributed by atoms with Gasteiger partial charge < -0.3 is 19.9 Å². The zero-order valence-corrected chi connectivity index (χ0v) is 21.8. The molecule has 4 rings (SSSR count). The molecule has 0 saturated carbocycles. The van der Waals surface area contributed by atoms with Crippen LogP contribution in [0.4, 0.5) is 5.69 Å².